The van der Waals surface area contributed by atoms with Gasteiger partial charge < -0.3 is 9.84 Å². The summed E-state index contributed by atoms with van der Waals surface area (Å²) in [4.78, 5) is 4.32. The molecular weight excluding hydrogens is 537 g/mol. The third-order valence-corrected chi connectivity index (χ3v) is 9.30. The molecule has 2 N–H and O–H groups in total. The molecule has 0 bridgehead atoms. The zero-order chi connectivity index (χ0) is 27.1. The summed E-state index contributed by atoms with van der Waals surface area (Å²) in [6.45, 7) is 0. The Kier molecular flexibility index (Phi) is 6.99. The van der Waals surface area contributed by atoms with Crippen molar-refractivity contribution < 1.29 is 31.4 Å². The number of phenolic OH excluding ortho intramolecular Hbond substituents is 1. The van der Waals surface area contributed by atoms with Crippen molar-refractivity contribution in [2.45, 2.75) is 42.8 Å². The van der Waals surface area contributed by atoms with Crippen molar-refractivity contribution >= 4 is 37.8 Å². The number of methoxy groups -OCH3 is 1. The second kappa shape index (κ2) is 10.1. The molecule has 1 heterocycles. The number of sulfonamides is 1. The number of alkyl halides is 3. The highest BCUT2D eigenvalue weighted by Gasteiger charge is 2.41. The topological polar surface area (TPSA) is 88.5 Å². The summed E-state index contributed by atoms with van der Waals surface area (Å²) in [6.07, 6.45) is -2.87. The van der Waals surface area contributed by atoms with Crippen molar-refractivity contribution in [3.8, 4) is 22.1 Å². The quantitative estimate of drug-likeness (QED) is 0.257. The molecule has 1 saturated carbocycles. The monoisotopic (exact) mass is 562 g/mol. The zero-order valence-electron chi connectivity index (χ0n) is 20.3. The fraction of sp³-hybridized carbons (Fsp3) is 0.296. The van der Waals surface area contributed by atoms with Gasteiger partial charge in [-0.3, -0.25) is 4.72 Å². The molecule has 4 aromatic rings. The molecule has 0 unspecified atom stereocenters. The molecule has 5 rings (SSSR count). The number of phenols is 1. The standard InChI is InChI=1S/C27H25F3N2O4S2/c1-36-25-21-3-2-4-23(33)20(21)13-14-22(25)32-38(34,35)24-15-37-26(31-24)18-7-5-16(6-8-18)17-9-11-19(12-10-17)27(28,29)30/h2-8,13-15,17,19,32-33H,9-12H2,1H3/t17-,19-. The summed E-state index contributed by atoms with van der Waals surface area (Å²) >= 11 is 1.18. The Morgan fingerprint density at radius 1 is 1.00 bits per heavy atom. The van der Waals surface area contributed by atoms with Gasteiger partial charge in [0.25, 0.3) is 10.0 Å². The van der Waals surface area contributed by atoms with Gasteiger partial charge >= 0.3 is 6.18 Å². The summed E-state index contributed by atoms with van der Waals surface area (Å²) in [5.41, 5.74) is 1.92. The van der Waals surface area contributed by atoms with Crippen molar-refractivity contribution in [3.05, 3.63) is 65.5 Å². The fourth-order valence-corrected chi connectivity index (χ4v) is 7.14. The van der Waals surface area contributed by atoms with Crippen LogP contribution < -0.4 is 9.46 Å². The van der Waals surface area contributed by atoms with Crippen LogP contribution in [0.5, 0.6) is 11.5 Å². The van der Waals surface area contributed by atoms with Gasteiger partial charge in [-0.25, -0.2) is 4.98 Å². The Morgan fingerprint density at radius 3 is 2.37 bits per heavy atom. The van der Waals surface area contributed by atoms with Gasteiger partial charge in [-0.15, -0.1) is 11.3 Å². The van der Waals surface area contributed by atoms with Crippen LogP contribution in [0, 0.1) is 5.92 Å². The lowest BCUT2D eigenvalue weighted by Gasteiger charge is -2.30. The number of hydrogen-bond donors (Lipinski definition) is 2. The van der Waals surface area contributed by atoms with E-state index in [-0.39, 0.29) is 41.0 Å². The van der Waals surface area contributed by atoms with E-state index in [2.05, 4.69) is 9.71 Å². The summed E-state index contributed by atoms with van der Waals surface area (Å²) in [7, 11) is -2.62. The van der Waals surface area contributed by atoms with Crippen molar-refractivity contribution in [2.75, 3.05) is 11.8 Å². The number of thiazole rings is 1. The molecule has 3 aromatic carbocycles. The maximum absolute atomic E-state index is 13.1. The number of benzene rings is 3. The second-order valence-corrected chi connectivity index (χ2v) is 11.8. The number of nitrogens with zero attached hydrogens (tertiary/aromatic N) is 1. The lowest BCUT2D eigenvalue weighted by molar-refractivity contribution is -0.182. The molecule has 11 heteroatoms. The molecule has 1 fully saturated rings. The van der Waals surface area contributed by atoms with Gasteiger partial charge in [0.05, 0.1) is 18.7 Å². The van der Waals surface area contributed by atoms with E-state index in [1.165, 1.54) is 36.0 Å². The summed E-state index contributed by atoms with van der Waals surface area (Å²) < 4.78 is 73.1. The maximum Gasteiger partial charge on any atom is 0.391 e. The van der Waals surface area contributed by atoms with Crippen molar-refractivity contribution in [1.82, 2.24) is 4.98 Å². The summed E-state index contributed by atoms with van der Waals surface area (Å²) in [6, 6.07) is 15.4. The van der Waals surface area contributed by atoms with E-state index < -0.39 is 22.1 Å². The van der Waals surface area contributed by atoms with Crippen LogP contribution in [-0.4, -0.2) is 31.8 Å². The first-order chi connectivity index (χ1) is 18.1. The number of aromatic nitrogens is 1. The average Bonchev–Trinajstić information content (AvgIpc) is 3.40. The van der Waals surface area contributed by atoms with Crippen molar-refractivity contribution in [3.63, 3.8) is 0 Å². The first-order valence-corrected chi connectivity index (χ1v) is 14.4. The highest BCUT2D eigenvalue weighted by atomic mass is 32.2. The van der Waals surface area contributed by atoms with Gasteiger partial charge in [0.15, 0.2) is 10.8 Å². The number of ether oxygens (including phenoxy) is 1. The molecule has 38 heavy (non-hydrogen) atoms. The Labute approximate surface area is 222 Å². The Bertz CT molecular complexity index is 1560. The van der Waals surface area contributed by atoms with Crippen LogP contribution in [0.1, 0.15) is 37.2 Å². The minimum atomic E-state index is -4.13. The maximum atomic E-state index is 13.1. The van der Waals surface area contributed by atoms with E-state index in [9.17, 15) is 26.7 Å². The molecule has 1 aromatic heterocycles. The molecule has 0 aliphatic heterocycles. The first-order valence-electron chi connectivity index (χ1n) is 12.0. The first kappa shape index (κ1) is 26.3. The largest absolute Gasteiger partial charge is 0.507 e. The van der Waals surface area contributed by atoms with E-state index in [0.29, 0.717) is 28.6 Å². The third-order valence-electron chi connectivity index (χ3n) is 7.02. The number of nitrogens with one attached hydrogen (secondary N) is 1. The Balaban J connectivity index is 1.32. The van der Waals surface area contributed by atoms with Gasteiger partial charge in [0.2, 0.25) is 0 Å². The van der Waals surface area contributed by atoms with Gasteiger partial charge in [-0.1, -0.05) is 36.4 Å². The van der Waals surface area contributed by atoms with E-state index in [0.717, 1.165) is 11.1 Å². The van der Waals surface area contributed by atoms with Gasteiger partial charge in [0.1, 0.15) is 10.8 Å². The van der Waals surface area contributed by atoms with Crippen LogP contribution in [0.15, 0.2) is 65.0 Å². The fourth-order valence-electron chi connectivity index (χ4n) is 4.98. The predicted molar refractivity (Wildman–Crippen MR) is 141 cm³/mol. The summed E-state index contributed by atoms with van der Waals surface area (Å²) in [5, 5.41) is 13.0. The van der Waals surface area contributed by atoms with Crippen LogP contribution in [0.3, 0.4) is 0 Å². The minimum absolute atomic E-state index is 0.0550. The number of anilines is 1. The predicted octanol–water partition coefficient (Wildman–Crippen LogP) is 7.31. The number of aromatic hydroxyl groups is 1. The average molecular weight is 563 g/mol. The summed E-state index contributed by atoms with van der Waals surface area (Å²) in [5.74, 6) is -0.807. The molecule has 6 nitrogen and oxygen atoms in total. The van der Waals surface area contributed by atoms with Gasteiger partial charge in [0, 0.05) is 21.7 Å². The number of fused-ring (bicyclic) bond motifs is 1. The van der Waals surface area contributed by atoms with Crippen molar-refractivity contribution in [1.29, 1.82) is 0 Å². The Hall–Kier alpha value is -3.31. The SMILES string of the molecule is COc1c(NS(=O)(=O)c2csc(-c3ccc([C@H]4CC[C@H](C(F)(F)F)CC4)cc3)n2)ccc2c(O)cccc12. The van der Waals surface area contributed by atoms with Crippen LogP contribution >= 0.6 is 11.3 Å². The molecule has 0 amide bonds. The normalized spacial score (nSPS) is 18.4. The molecule has 200 valence electrons. The lowest BCUT2D eigenvalue weighted by Crippen LogP contribution is -2.27. The molecule has 0 atom stereocenters. The van der Waals surface area contributed by atoms with E-state index in [4.69, 9.17) is 4.74 Å². The van der Waals surface area contributed by atoms with Gasteiger partial charge in [-0.2, -0.15) is 21.6 Å². The smallest absolute Gasteiger partial charge is 0.391 e. The molecule has 1 aliphatic rings. The number of halogens is 3. The van der Waals surface area contributed by atoms with Crippen LogP contribution in [0.4, 0.5) is 18.9 Å². The van der Waals surface area contributed by atoms with Gasteiger partial charge in [-0.05, 0) is 55.4 Å². The molecule has 1 aliphatic carbocycles. The molecule has 0 radical (unpaired) electrons. The van der Waals surface area contributed by atoms with Crippen LogP contribution in [0.2, 0.25) is 0 Å². The van der Waals surface area contributed by atoms with E-state index in [1.54, 1.807) is 18.2 Å². The minimum Gasteiger partial charge on any atom is -0.507 e. The number of hydrogen-bond acceptors (Lipinski definition) is 6. The number of rotatable bonds is 6. The molecular formula is C27H25F3N2O4S2. The van der Waals surface area contributed by atoms with Crippen molar-refractivity contribution in [2.24, 2.45) is 5.92 Å². The Morgan fingerprint density at radius 2 is 1.71 bits per heavy atom. The van der Waals surface area contributed by atoms with E-state index in [1.807, 2.05) is 24.3 Å². The molecule has 0 saturated heterocycles. The van der Waals surface area contributed by atoms with Crippen LogP contribution in [-0.2, 0) is 10.0 Å². The zero-order valence-corrected chi connectivity index (χ0v) is 22.0. The highest BCUT2D eigenvalue weighted by Crippen LogP contribution is 2.43. The lowest BCUT2D eigenvalue weighted by atomic mass is 9.78. The second-order valence-electron chi connectivity index (χ2n) is 9.33. The van der Waals surface area contributed by atoms with Crippen LogP contribution in [0.25, 0.3) is 21.3 Å². The van der Waals surface area contributed by atoms with E-state index >= 15 is 0 Å². The third kappa shape index (κ3) is 5.17. The molecule has 0 spiro atoms. The highest BCUT2D eigenvalue weighted by molar-refractivity contribution is 7.92.